The Balaban J connectivity index is 1.73. The van der Waals surface area contributed by atoms with Crippen molar-refractivity contribution >= 4 is 32.7 Å². The highest BCUT2D eigenvalue weighted by Crippen LogP contribution is 2.11. The second kappa shape index (κ2) is 6.75. The van der Waals surface area contributed by atoms with E-state index in [0.29, 0.717) is 17.4 Å². The molecular formula is C17H14BrN3O2. The van der Waals surface area contributed by atoms with Crippen molar-refractivity contribution in [3.8, 4) is 0 Å². The van der Waals surface area contributed by atoms with Gasteiger partial charge in [0.05, 0.1) is 11.7 Å². The van der Waals surface area contributed by atoms with Crippen LogP contribution >= 0.6 is 15.9 Å². The number of carbonyl (C=O) groups is 1. The molecule has 0 bridgehead atoms. The predicted octanol–water partition coefficient (Wildman–Crippen LogP) is 2.48. The fraction of sp³-hybridized carbons (Fsp3) is 0.118. The molecule has 0 unspecified atom stereocenters. The number of halogens is 1. The van der Waals surface area contributed by atoms with Gasteiger partial charge in [-0.2, -0.15) is 5.10 Å². The first-order valence-corrected chi connectivity index (χ1v) is 7.89. The molecule has 6 heteroatoms. The van der Waals surface area contributed by atoms with E-state index in [9.17, 15) is 9.59 Å². The van der Waals surface area contributed by atoms with Gasteiger partial charge in [-0.3, -0.25) is 14.3 Å². The lowest BCUT2D eigenvalue weighted by Crippen LogP contribution is -2.28. The first-order valence-electron chi connectivity index (χ1n) is 7.09. The minimum Gasteiger partial charge on any atom is -0.350 e. The molecule has 0 saturated carbocycles. The highest BCUT2D eigenvalue weighted by Gasteiger charge is 2.07. The number of rotatable bonds is 4. The molecule has 0 radical (unpaired) electrons. The Kier molecular flexibility index (Phi) is 4.52. The van der Waals surface area contributed by atoms with Gasteiger partial charge in [-0.05, 0) is 29.8 Å². The van der Waals surface area contributed by atoms with Gasteiger partial charge in [-0.25, -0.2) is 0 Å². The predicted molar refractivity (Wildman–Crippen MR) is 92.0 cm³/mol. The van der Waals surface area contributed by atoms with Crippen molar-refractivity contribution in [3.05, 3.63) is 75.0 Å². The molecule has 0 fully saturated rings. The van der Waals surface area contributed by atoms with Gasteiger partial charge < -0.3 is 5.32 Å². The van der Waals surface area contributed by atoms with Crippen molar-refractivity contribution in [2.24, 2.45) is 0 Å². The maximum Gasteiger partial charge on any atom is 0.242 e. The van der Waals surface area contributed by atoms with E-state index < -0.39 is 0 Å². The molecule has 1 heterocycles. The van der Waals surface area contributed by atoms with E-state index >= 15 is 0 Å². The van der Waals surface area contributed by atoms with Gasteiger partial charge in [0.15, 0.2) is 0 Å². The zero-order chi connectivity index (χ0) is 16.2. The number of nitrogens with one attached hydrogen (secondary N) is 1. The first kappa shape index (κ1) is 15.4. The minimum atomic E-state index is -0.161. The monoisotopic (exact) mass is 371 g/mol. The summed E-state index contributed by atoms with van der Waals surface area (Å²) in [7, 11) is 0. The van der Waals surface area contributed by atoms with Crippen LogP contribution in [0.2, 0.25) is 0 Å². The fourth-order valence-electron chi connectivity index (χ4n) is 2.33. The molecular weight excluding hydrogens is 358 g/mol. The Bertz CT molecular complexity index is 921. The zero-order valence-corrected chi connectivity index (χ0v) is 13.8. The molecule has 1 aromatic heterocycles. The summed E-state index contributed by atoms with van der Waals surface area (Å²) in [4.78, 5) is 23.9. The second-order valence-corrected chi connectivity index (χ2v) is 6.01. The lowest BCUT2D eigenvalue weighted by molar-refractivity contribution is -0.121. The van der Waals surface area contributed by atoms with Crippen LogP contribution in [0.25, 0.3) is 10.9 Å². The van der Waals surface area contributed by atoms with E-state index in [1.165, 1.54) is 10.9 Å². The number of carbonyl (C=O) groups excluding carboxylic acids is 1. The van der Waals surface area contributed by atoms with Crippen molar-refractivity contribution in [1.82, 2.24) is 15.1 Å². The normalized spacial score (nSPS) is 10.7. The van der Waals surface area contributed by atoms with Crippen molar-refractivity contribution in [3.63, 3.8) is 0 Å². The summed E-state index contributed by atoms with van der Waals surface area (Å²) in [5.41, 5.74) is 1.51. The Morgan fingerprint density at radius 2 is 2.00 bits per heavy atom. The molecule has 0 atom stereocenters. The van der Waals surface area contributed by atoms with Gasteiger partial charge in [-0.15, -0.1) is 0 Å². The standard InChI is InChI=1S/C17H14BrN3O2/c18-13-5-3-4-12(8-13)9-19-17(23)11-21-15-7-2-1-6-14(15)16(22)10-20-21/h1-8,10H,9,11H2,(H,19,23). The van der Waals surface area contributed by atoms with Gasteiger partial charge in [0, 0.05) is 16.4 Å². The molecule has 0 aliphatic rings. The number of benzene rings is 2. The van der Waals surface area contributed by atoms with Crippen LogP contribution in [0.5, 0.6) is 0 Å². The van der Waals surface area contributed by atoms with Gasteiger partial charge >= 0.3 is 0 Å². The average molecular weight is 372 g/mol. The van der Waals surface area contributed by atoms with E-state index in [2.05, 4.69) is 26.3 Å². The molecule has 2 aromatic carbocycles. The maximum absolute atomic E-state index is 12.1. The smallest absolute Gasteiger partial charge is 0.242 e. The van der Waals surface area contributed by atoms with Crippen LogP contribution < -0.4 is 10.7 Å². The van der Waals surface area contributed by atoms with Crippen molar-refractivity contribution < 1.29 is 4.79 Å². The third kappa shape index (κ3) is 3.65. The number of hydrogen-bond donors (Lipinski definition) is 1. The number of amides is 1. The van der Waals surface area contributed by atoms with Crippen LogP contribution in [-0.2, 0) is 17.9 Å². The summed E-state index contributed by atoms with van der Waals surface area (Å²) in [6, 6.07) is 14.9. The van der Waals surface area contributed by atoms with Crippen molar-refractivity contribution in [1.29, 1.82) is 0 Å². The van der Waals surface area contributed by atoms with Crippen LogP contribution in [0.4, 0.5) is 0 Å². The van der Waals surface area contributed by atoms with Crippen LogP contribution in [0.15, 0.2) is 64.0 Å². The quantitative estimate of drug-likeness (QED) is 0.765. The molecule has 3 rings (SSSR count). The average Bonchev–Trinajstić information content (AvgIpc) is 2.56. The van der Waals surface area contributed by atoms with Gasteiger partial charge in [0.25, 0.3) is 0 Å². The van der Waals surface area contributed by atoms with Gasteiger partial charge in [0.1, 0.15) is 6.54 Å². The third-order valence-electron chi connectivity index (χ3n) is 3.43. The van der Waals surface area contributed by atoms with E-state index in [1.807, 2.05) is 30.3 Å². The SMILES string of the molecule is O=C(Cn1ncc(=O)c2ccccc21)NCc1cccc(Br)c1. The van der Waals surface area contributed by atoms with Crippen molar-refractivity contribution in [2.45, 2.75) is 13.1 Å². The third-order valence-corrected chi connectivity index (χ3v) is 3.93. The Morgan fingerprint density at radius 1 is 1.17 bits per heavy atom. The fourth-order valence-corrected chi connectivity index (χ4v) is 2.77. The molecule has 5 nitrogen and oxygen atoms in total. The number of nitrogens with zero attached hydrogens (tertiary/aromatic N) is 2. The molecule has 0 spiro atoms. The zero-order valence-electron chi connectivity index (χ0n) is 12.2. The summed E-state index contributed by atoms with van der Waals surface area (Å²) < 4.78 is 2.50. The summed E-state index contributed by atoms with van der Waals surface area (Å²) in [6.45, 7) is 0.505. The Morgan fingerprint density at radius 3 is 2.83 bits per heavy atom. The summed E-state index contributed by atoms with van der Waals surface area (Å²) >= 11 is 3.40. The van der Waals surface area contributed by atoms with Crippen LogP contribution in [-0.4, -0.2) is 15.7 Å². The number of hydrogen-bond acceptors (Lipinski definition) is 3. The maximum atomic E-state index is 12.1. The summed E-state index contributed by atoms with van der Waals surface area (Å²) in [6.07, 6.45) is 1.24. The lowest BCUT2D eigenvalue weighted by Gasteiger charge is -2.10. The highest BCUT2D eigenvalue weighted by molar-refractivity contribution is 9.10. The Labute approximate surface area is 141 Å². The topological polar surface area (TPSA) is 64.0 Å². The number of aromatic nitrogens is 2. The van der Waals surface area contributed by atoms with Gasteiger partial charge in [-0.1, -0.05) is 40.2 Å². The molecule has 0 saturated heterocycles. The summed E-state index contributed by atoms with van der Waals surface area (Å²) in [5, 5.41) is 7.46. The molecule has 116 valence electrons. The van der Waals surface area contributed by atoms with E-state index in [0.717, 1.165) is 10.0 Å². The van der Waals surface area contributed by atoms with E-state index in [1.54, 1.807) is 18.2 Å². The lowest BCUT2D eigenvalue weighted by atomic mass is 10.2. The van der Waals surface area contributed by atoms with Crippen LogP contribution in [0.1, 0.15) is 5.56 Å². The largest absolute Gasteiger partial charge is 0.350 e. The van der Waals surface area contributed by atoms with Crippen molar-refractivity contribution in [2.75, 3.05) is 0 Å². The molecule has 1 amide bonds. The van der Waals surface area contributed by atoms with Crippen LogP contribution in [0.3, 0.4) is 0 Å². The molecule has 0 aliphatic carbocycles. The van der Waals surface area contributed by atoms with Crippen LogP contribution in [0, 0.1) is 0 Å². The molecule has 0 aliphatic heterocycles. The van der Waals surface area contributed by atoms with Gasteiger partial charge in [0.2, 0.25) is 11.3 Å². The number of para-hydroxylation sites is 1. The number of fused-ring (bicyclic) bond motifs is 1. The molecule has 1 N–H and O–H groups in total. The molecule has 23 heavy (non-hydrogen) atoms. The first-order chi connectivity index (χ1) is 11.1. The molecule has 3 aromatic rings. The minimum absolute atomic E-state index is 0.0643. The highest BCUT2D eigenvalue weighted by atomic mass is 79.9. The summed E-state index contributed by atoms with van der Waals surface area (Å²) in [5.74, 6) is -0.161. The second-order valence-electron chi connectivity index (χ2n) is 5.09. The Hall–Kier alpha value is -2.47. The van der Waals surface area contributed by atoms with E-state index in [-0.39, 0.29) is 17.9 Å². The van der Waals surface area contributed by atoms with E-state index in [4.69, 9.17) is 0 Å².